The van der Waals surface area contributed by atoms with Gasteiger partial charge in [-0.2, -0.15) is 0 Å². The van der Waals surface area contributed by atoms with Gasteiger partial charge in [0.2, 0.25) is 0 Å². The summed E-state index contributed by atoms with van der Waals surface area (Å²) < 4.78 is 0. The predicted molar refractivity (Wildman–Crippen MR) is 39.2 cm³/mol. The van der Waals surface area contributed by atoms with E-state index in [1.807, 2.05) is 6.21 Å². The van der Waals surface area contributed by atoms with E-state index in [-0.39, 0.29) is 5.92 Å². The van der Waals surface area contributed by atoms with Gasteiger partial charge in [0.25, 0.3) is 0 Å². The molecule has 0 aromatic rings. The third-order valence-electron chi connectivity index (χ3n) is 2.54. The molecule has 1 aliphatic heterocycles. The van der Waals surface area contributed by atoms with Crippen molar-refractivity contribution in [1.82, 2.24) is 0 Å². The third-order valence-corrected chi connectivity index (χ3v) is 2.54. The SMILES string of the molecule is O=C1CN=C[C@@H]1C1CCC1. The molecule has 0 aromatic heterocycles. The molecule has 1 fully saturated rings. The van der Waals surface area contributed by atoms with Crippen LogP contribution in [0.3, 0.4) is 0 Å². The lowest BCUT2D eigenvalue weighted by molar-refractivity contribution is -0.120. The van der Waals surface area contributed by atoms with Crippen molar-refractivity contribution < 1.29 is 4.79 Å². The summed E-state index contributed by atoms with van der Waals surface area (Å²) in [7, 11) is 0. The molecule has 0 unspecified atom stereocenters. The Morgan fingerprint density at radius 3 is 2.70 bits per heavy atom. The van der Waals surface area contributed by atoms with Crippen molar-refractivity contribution >= 4 is 12.0 Å². The van der Waals surface area contributed by atoms with E-state index in [0.717, 1.165) is 0 Å². The fourth-order valence-electron chi connectivity index (χ4n) is 1.63. The molecule has 0 aromatic carbocycles. The largest absolute Gasteiger partial charge is 0.297 e. The highest BCUT2D eigenvalue weighted by molar-refractivity contribution is 6.01. The minimum absolute atomic E-state index is 0.203. The van der Waals surface area contributed by atoms with Crippen molar-refractivity contribution in [1.29, 1.82) is 0 Å². The van der Waals surface area contributed by atoms with E-state index in [4.69, 9.17) is 0 Å². The quantitative estimate of drug-likeness (QED) is 0.531. The fourth-order valence-corrected chi connectivity index (χ4v) is 1.63. The molecule has 0 saturated heterocycles. The summed E-state index contributed by atoms with van der Waals surface area (Å²) in [6, 6.07) is 0. The zero-order chi connectivity index (χ0) is 6.97. The average Bonchev–Trinajstić information content (AvgIpc) is 2.12. The first-order valence-electron chi connectivity index (χ1n) is 3.90. The van der Waals surface area contributed by atoms with Crippen LogP contribution in [0, 0.1) is 11.8 Å². The molecule has 0 amide bonds. The van der Waals surface area contributed by atoms with E-state index in [2.05, 4.69) is 4.99 Å². The summed E-state index contributed by atoms with van der Waals surface area (Å²) >= 11 is 0. The molecule has 0 N–H and O–H groups in total. The van der Waals surface area contributed by atoms with Gasteiger partial charge in [-0.1, -0.05) is 6.42 Å². The summed E-state index contributed by atoms with van der Waals surface area (Å²) in [5.41, 5.74) is 0. The Morgan fingerprint density at radius 2 is 2.30 bits per heavy atom. The number of aliphatic imine (C=N–C) groups is 1. The number of ketones is 1. The van der Waals surface area contributed by atoms with E-state index in [9.17, 15) is 4.79 Å². The van der Waals surface area contributed by atoms with E-state index < -0.39 is 0 Å². The zero-order valence-corrected chi connectivity index (χ0v) is 5.92. The second-order valence-corrected chi connectivity index (χ2v) is 3.17. The maximum Gasteiger partial charge on any atom is 0.162 e. The van der Waals surface area contributed by atoms with Gasteiger partial charge in [-0.15, -0.1) is 0 Å². The van der Waals surface area contributed by atoms with E-state index in [0.29, 0.717) is 18.2 Å². The Hall–Kier alpha value is -0.660. The van der Waals surface area contributed by atoms with Crippen LogP contribution in [0.1, 0.15) is 19.3 Å². The Balaban J connectivity index is 2.02. The van der Waals surface area contributed by atoms with Crippen LogP contribution < -0.4 is 0 Å². The van der Waals surface area contributed by atoms with Crippen molar-refractivity contribution in [3.05, 3.63) is 0 Å². The lowest BCUT2D eigenvalue weighted by Gasteiger charge is -2.28. The fraction of sp³-hybridized carbons (Fsp3) is 0.750. The van der Waals surface area contributed by atoms with Gasteiger partial charge in [0, 0.05) is 6.21 Å². The van der Waals surface area contributed by atoms with Crippen LogP contribution in [0.25, 0.3) is 0 Å². The molecular formula is C8H11NO. The van der Waals surface area contributed by atoms with Gasteiger partial charge in [-0.25, -0.2) is 0 Å². The molecule has 54 valence electrons. The van der Waals surface area contributed by atoms with Gasteiger partial charge in [-0.3, -0.25) is 9.79 Å². The monoisotopic (exact) mass is 137 g/mol. The first kappa shape index (κ1) is 6.08. The predicted octanol–water partition coefficient (Wildman–Crippen LogP) is 1.06. The van der Waals surface area contributed by atoms with Crippen LogP contribution in [-0.2, 0) is 4.79 Å². The summed E-state index contributed by atoms with van der Waals surface area (Å²) in [4.78, 5) is 15.1. The van der Waals surface area contributed by atoms with Crippen molar-refractivity contribution in [2.45, 2.75) is 19.3 Å². The van der Waals surface area contributed by atoms with Gasteiger partial charge < -0.3 is 0 Å². The molecule has 1 saturated carbocycles. The van der Waals surface area contributed by atoms with E-state index in [1.165, 1.54) is 19.3 Å². The summed E-state index contributed by atoms with van der Waals surface area (Å²) in [6.07, 6.45) is 5.64. The maximum atomic E-state index is 11.1. The highest BCUT2D eigenvalue weighted by Gasteiger charge is 2.32. The molecule has 1 atom stereocenters. The number of carbonyl (C=O) groups excluding carboxylic acids is 1. The standard InChI is InChI=1S/C8H11NO/c10-8-5-9-4-7(8)6-2-1-3-6/h4,6-7H,1-3,5H2/t7-/m1/s1. The Labute approximate surface area is 60.3 Å². The molecule has 1 aliphatic carbocycles. The second-order valence-electron chi connectivity index (χ2n) is 3.17. The van der Waals surface area contributed by atoms with Crippen LogP contribution >= 0.6 is 0 Å². The van der Waals surface area contributed by atoms with Crippen LogP contribution in [0.15, 0.2) is 4.99 Å². The van der Waals surface area contributed by atoms with Crippen molar-refractivity contribution in [3.8, 4) is 0 Å². The van der Waals surface area contributed by atoms with Gasteiger partial charge in [0.05, 0.1) is 12.5 Å². The molecule has 0 radical (unpaired) electrons. The van der Waals surface area contributed by atoms with Crippen LogP contribution in [0.5, 0.6) is 0 Å². The maximum absolute atomic E-state index is 11.1. The van der Waals surface area contributed by atoms with Gasteiger partial charge in [-0.05, 0) is 18.8 Å². The van der Waals surface area contributed by atoms with Gasteiger partial charge in [0.15, 0.2) is 5.78 Å². The van der Waals surface area contributed by atoms with Crippen molar-refractivity contribution in [2.75, 3.05) is 6.54 Å². The topological polar surface area (TPSA) is 29.4 Å². The number of carbonyl (C=O) groups is 1. The van der Waals surface area contributed by atoms with Crippen LogP contribution in [0.4, 0.5) is 0 Å². The second kappa shape index (κ2) is 2.19. The highest BCUT2D eigenvalue weighted by Crippen LogP contribution is 2.34. The molecule has 2 rings (SSSR count). The number of rotatable bonds is 1. The summed E-state index contributed by atoms with van der Waals surface area (Å²) in [5, 5.41) is 0. The number of Topliss-reactive ketones (excluding diaryl/α,β-unsaturated/α-hetero) is 1. The summed E-state index contributed by atoms with van der Waals surface area (Å²) in [5.74, 6) is 1.19. The lowest BCUT2D eigenvalue weighted by Crippen LogP contribution is -2.27. The molecule has 2 nitrogen and oxygen atoms in total. The first-order chi connectivity index (χ1) is 4.88. The Kier molecular flexibility index (Phi) is 1.33. The zero-order valence-electron chi connectivity index (χ0n) is 5.92. The Bertz CT molecular complexity index is 182. The number of nitrogens with zero attached hydrogens (tertiary/aromatic N) is 1. The van der Waals surface area contributed by atoms with E-state index >= 15 is 0 Å². The molecular weight excluding hydrogens is 126 g/mol. The van der Waals surface area contributed by atoms with Crippen molar-refractivity contribution in [3.63, 3.8) is 0 Å². The normalized spacial score (nSPS) is 32.8. The number of hydrogen-bond acceptors (Lipinski definition) is 2. The van der Waals surface area contributed by atoms with Crippen LogP contribution in [0.2, 0.25) is 0 Å². The summed E-state index contributed by atoms with van der Waals surface area (Å²) in [6.45, 7) is 0.446. The van der Waals surface area contributed by atoms with Gasteiger partial charge in [0.1, 0.15) is 0 Å². The van der Waals surface area contributed by atoms with Crippen molar-refractivity contribution in [2.24, 2.45) is 16.8 Å². The minimum Gasteiger partial charge on any atom is -0.297 e. The molecule has 0 bridgehead atoms. The minimum atomic E-state index is 0.203. The molecule has 1 heterocycles. The van der Waals surface area contributed by atoms with Gasteiger partial charge >= 0.3 is 0 Å². The first-order valence-corrected chi connectivity index (χ1v) is 3.90. The Morgan fingerprint density at radius 1 is 1.50 bits per heavy atom. The molecule has 2 heteroatoms. The average molecular weight is 137 g/mol. The molecule has 2 aliphatic rings. The van der Waals surface area contributed by atoms with Crippen LogP contribution in [-0.4, -0.2) is 18.5 Å². The smallest absolute Gasteiger partial charge is 0.162 e. The van der Waals surface area contributed by atoms with E-state index in [1.54, 1.807) is 0 Å². The molecule has 10 heavy (non-hydrogen) atoms. The number of hydrogen-bond donors (Lipinski definition) is 0. The molecule has 0 spiro atoms. The lowest BCUT2D eigenvalue weighted by atomic mass is 9.75. The highest BCUT2D eigenvalue weighted by atomic mass is 16.1. The third kappa shape index (κ3) is 0.789.